The number of nitrogens with one attached hydrogen (secondary N) is 1. The number of carbonyl (C=O) groups excluding carboxylic acids is 1. The van der Waals surface area contributed by atoms with Crippen molar-refractivity contribution in [1.29, 1.82) is 0 Å². The van der Waals surface area contributed by atoms with Crippen molar-refractivity contribution in [2.45, 2.75) is 25.4 Å². The number of aliphatic carboxylic acids is 1. The van der Waals surface area contributed by atoms with Gasteiger partial charge in [0.1, 0.15) is 17.7 Å². The first-order chi connectivity index (χ1) is 9.47. The van der Waals surface area contributed by atoms with E-state index in [0.717, 1.165) is 5.56 Å². The van der Waals surface area contributed by atoms with E-state index in [2.05, 4.69) is 5.32 Å². The molecule has 0 bridgehead atoms. The van der Waals surface area contributed by atoms with Crippen molar-refractivity contribution in [1.82, 2.24) is 5.32 Å². The quantitative estimate of drug-likeness (QED) is 0.656. The lowest BCUT2D eigenvalue weighted by atomic mass is 10.0. The van der Waals surface area contributed by atoms with E-state index >= 15 is 0 Å². The van der Waals surface area contributed by atoms with Crippen LogP contribution >= 0.6 is 11.6 Å². The van der Waals surface area contributed by atoms with Gasteiger partial charge in [0, 0.05) is 12.1 Å². The van der Waals surface area contributed by atoms with Gasteiger partial charge < -0.3 is 16.2 Å². The van der Waals surface area contributed by atoms with Crippen LogP contribution in [0.3, 0.4) is 0 Å². The smallest absolute Gasteiger partial charge is 0.326 e. The third-order valence-corrected chi connectivity index (χ3v) is 3.05. The molecule has 0 aromatic heterocycles. The Bertz CT molecular complexity index is 497. The summed E-state index contributed by atoms with van der Waals surface area (Å²) in [5, 5.41) is 11.3. The summed E-state index contributed by atoms with van der Waals surface area (Å²) in [5.74, 6) is -2.36. The number of aryl methyl sites for hydroxylation is 1. The molecule has 0 saturated carbocycles. The Morgan fingerprint density at radius 2 is 2.15 bits per heavy atom. The van der Waals surface area contributed by atoms with Crippen LogP contribution in [0.5, 0.6) is 0 Å². The average molecular weight is 303 g/mol. The van der Waals surface area contributed by atoms with Gasteiger partial charge in [-0.3, -0.25) is 4.79 Å². The molecule has 0 fully saturated rings. The predicted octanol–water partition coefficient (Wildman–Crippen LogP) is 1.03. The minimum atomic E-state index is -1.13. The molecule has 1 atom stereocenters. The molecule has 7 heteroatoms. The van der Waals surface area contributed by atoms with E-state index in [1.54, 1.807) is 12.1 Å². The van der Waals surface area contributed by atoms with Crippen LogP contribution in [0.2, 0.25) is 0 Å². The molecule has 1 aromatic carbocycles. The van der Waals surface area contributed by atoms with Gasteiger partial charge in [0.2, 0.25) is 5.91 Å². The van der Waals surface area contributed by atoms with Crippen molar-refractivity contribution in [3.05, 3.63) is 35.1 Å². The molecular formula is C13H16ClFN2O3. The third-order valence-electron chi connectivity index (χ3n) is 2.81. The summed E-state index contributed by atoms with van der Waals surface area (Å²) in [7, 11) is 0. The van der Waals surface area contributed by atoms with Crippen LogP contribution in [0, 0.1) is 5.82 Å². The van der Waals surface area contributed by atoms with Gasteiger partial charge in [0.15, 0.2) is 0 Å². The first kappa shape index (κ1) is 16.4. The molecule has 0 aliphatic carbocycles. The van der Waals surface area contributed by atoms with Crippen LogP contribution < -0.4 is 11.1 Å². The van der Waals surface area contributed by atoms with E-state index in [4.69, 9.17) is 22.4 Å². The van der Waals surface area contributed by atoms with E-state index in [-0.39, 0.29) is 24.7 Å². The molecule has 0 saturated heterocycles. The van der Waals surface area contributed by atoms with Gasteiger partial charge in [-0.05, 0) is 24.5 Å². The molecule has 1 aromatic rings. The Balaban J connectivity index is 2.67. The van der Waals surface area contributed by atoms with Crippen molar-refractivity contribution in [3.63, 3.8) is 0 Å². The number of carbonyl (C=O) groups is 2. The Hall–Kier alpha value is -1.66. The van der Waals surface area contributed by atoms with Crippen LogP contribution in [-0.2, 0) is 22.6 Å². The number of hydrogen-bond acceptors (Lipinski definition) is 3. The van der Waals surface area contributed by atoms with E-state index in [1.807, 2.05) is 0 Å². The van der Waals surface area contributed by atoms with Crippen LogP contribution in [0.15, 0.2) is 18.2 Å². The third kappa shape index (κ3) is 4.79. The number of halogens is 2. The first-order valence-corrected chi connectivity index (χ1v) is 6.57. The summed E-state index contributed by atoms with van der Waals surface area (Å²) < 4.78 is 13.3. The van der Waals surface area contributed by atoms with Gasteiger partial charge in [-0.1, -0.05) is 12.1 Å². The van der Waals surface area contributed by atoms with Crippen LogP contribution in [-0.4, -0.2) is 28.9 Å². The number of rotatable bonds is 7. The highest BCUT2D eigenvalue weighted by Gasteiger charge is 2.19. The highest BCUT2D eigenvalue weighted by Crippen LogP contribution is 2.12. The van der Waals surface area contributed by atoms with E-state index in [1.165, 1.54) is 6.07 Å². The standard InChI is InChI=1S/C13H16ClFN2O3/c14-6-12(18)17-11(13(19)20)4-2-8-1-3-10(15)9(5-8)7-16/h1,3,5,11H,2,4,6-7,16H2,(H,17,18)(H,19,20)/t11-/m1/s1. The molecule has 0 aliphatic heterocycles. The zero-order valence-electron chi connectivity index (χ0n) is 10.7. The molecule has 5 nitrogen and oxygen atoms in total. The van der Waals surface area contributed by atoms with Crippen LogP contribution in [0.4, 0.5) is 4.39 Å². The number of carboxylic acid groups (broad SMARTS) is 1. The van der Waals surface area contributed by atoms with Crippen molar-refractivity contribution >= 4 is 23.5 Å². The maximum Gasteiger partial charge on any atom is 0.326 e. The fourth-order valence-electron chi connectivity index (χ4n) is 1.74. The topological polar surface area (TPSA) is 92.4 Å². The lowest BCUT2D eigenvalue weighted by molar-refractivity contribution is -0.141. The van der Waals surface area contributed by atoms with Crippen LogP contribution in [0.1, 0.15) is 17.5 Å². The van der Waals surface area contributed by atoms with Crippen LogP contribution in [0.25, 0.3) is 0 Å². The highest BCUT2D eigenvalue weighted by atomic mass is 35.5. The summed E-state index contributed by atoms with van der Waals surface area (Å²) in [6.45, 7) is 0.0744. The summed E-state index contributed by atoms with van der Waals surface area (Å²) in [5.41, 5.74) is 6.54. The minimum Gasteiger partial charge on any atom is -0.480 e. The second-order valence-corrected chi connectivity index (χ2v) is 4.53. The van der Waals surface area contributed by atoms with Crippen molar-refractivity contribution in [3.8, 4) is 0 Å². The molecule has 20 heavy (non-hydrogen) atoms. The maximum absolute atomic E-state index is 13.3. The van der Waals surface area contributed by atoms with Gasteiger partial charge in [-0.2, -0.15) is 0 Å². The average Bonchev–Trinajstić information content (AvgIpc) is 2.44. The number of nitrogens with two attached hydrogens (primary N) is 1. The van der Waals surface area contributed by atoms with E-state index in [9.17, 15) is 14.0 Å². The minimum absolute atomic E-state index is 0.0744. The Morgan fingerprint density at radius 1 is 1.45 bits per heavy atom. The number of carboxylic acids is 1. The number of benzene rings is 1. The monoisotopic (exact) mass is 302 g/mol. The largest absolute Gasteiger partial charge is 0.480 e. The van der Waals surface area contributed by atoms with E-state index < -0.39 is 17.9 Å². The number of amides is 1. The van der Waals surface area contributed by atoms with Crippen molar-refractivity contribution in [2.24, 2.45) is 5.73 Å². The summed E-state index contributed by atoms with van der Waals surface area (Å²) in [6, 6.07) is 3.44. The first-order valence-electron chi connectivity index (χ1n) is 6.03. The molecule has 0 aliphatic rings. The predicted molar refractivity (Wildman–Crippen MR) is 72.9 cm³/mol. The molecule has 1 amide bonds. The zero-order valence-corrected chi connectivity index (χ0v) is 11.5. The van der Waals surface area contributed by atoms with Crippen molar-refractivity contribution in [2.75, 3.05) is 5.88 Å². The fraction of sp³-hybridized carbons (Fsp3) is 0.385. The zero-order chi connectivity index (χ0) is 15.1. The molecule has 110 valence electrons. The second-order valence-electron chi connectivity index (χ2n) is 4.26. The van der Waals surface area contributed by atoms with Gasteiger partial charge >= 0.3 is 5.97 Å². The Morgan fingerprint density at radius 3 is 2.70 bits per heavy atom. The molecule has 0 spiro atoms. The summed E-state index contributed by atoms with van der Waals surface area (Å²) in [6.07, 6.45) is 0.570. The normalized spacial score (nSPS) is 11.9. The molecule has 0 radical (unpaired) electrons. The Kier molecular flexibility index (Phi) is 6.41. The molecular weight excluding hydrogens is 287 g/mol. The van der Waals surface area contributed by atoms with E-state index in [0.29, 0.717) is 12.0 Å². The Labute approximate surface area is 120 Å². The number of alkyl halides is 1. The lowest BCUT2D eigenvalue weighted by Crippen LogP contribution is -2.41. The van der Waals surface area contributed by atoms with Gasteiger partial charge in [-0.15, -0.1) is 11.6 Å². The molecule has 1 rings (SSSR count). The van der Waals surface area contributed by atoms with Crippen molar-refractivity contribution < 1.29 is 19.1 Å². The molecule has 0 unspecified atom stereocenters. The molecule has 0 heterocycles. The highest BCUT2D eigenvalue weighted by molar-refractivity contribution is 6.27. The summed E-state index contributed by atoms with van der Waals surface area (Å²) in [4.78, 5) is 22.1. The molecule has 4 N–H and O–H groups in total. The summed E-state index contributed by atoms with van der Waals surface area (Å²) >= 11 is 5.31. The van der Waals surface area contributed by atoms with Gasteiger partial charge in [0.05, 0.1) is 0 Å². The number of hydrogen-bond donors (Lipinski definition) is 3. The maximum atomic E-state index is 13.3. The van der Waals surface area contributed by atoms with Gasteiger partial charge in [-0.25, -0.2) is 9.18 Å². The lowest BCUT2D eigenvalue weighted by Gasteiger charge is -2.14. The van der Waals surface area contributed by atoms with Gasteiger partial charge in [0.25, 0.3) is 0 Å². The fourth-order valence-corrected chi connectivity index (χ4v) is 1.82. The second kappa shape index (κ2) is 7.81. The SMILES string of the molecule is NCc1cc(CC[C@@H](NC(=O)CCl)C(=O)O)ccc1F.